The van der Waals surface area contributed by atoms with Gasteiger partial charge >= 0.3 is 12.0 Å². The van der Waals surface area contributed by atoms with Crippen molar-refractivity contribution in [3.63, 3.8) is 0 Å². The van der Waals surface area contributed by atoms with Gasteiger partial charge in [0.1, 0.15) is 0 Å². The molecule has 112 valence electrons. The van der Waals surface area contributed by atoms with Gasteiger partial charge in [-0.05, 0) is 17.8 Å². The molecular weight excluding hydrogens is 244 g/mol. The van der Waals surface area contributed by atoms with E-state index >= 15 is 0 Å². The van der Waals surface area contributed by atoms with Gasteiger partial charge in [0.2, 0.25) is 0 Å². The number of nitrogens with zero attached hydrogens (tertiary/aromatic N) is 1. The first kappa shape index (κ1) is 17.7. The lowest BCUT2D eigenvalue weighted by Crippen LogP contribution is -2.49. The maximum Gasteiger partial charge on any atom is 0.317 e. The van der Waals surface area contributed by atoms with E-state index in [-0.39, 0.29) is 23.9 Å². The summed E-state index contributed by atoms with van der Waals surface area (Å²) in [5, 5.41) is 11.7. The topological polar surface area (TPSA) is 69.6 Å². The van der Waals surface area contributed by atoms with Crippen LogP contribution in [0.5, 0.6) is 0 Å². The molecule has 0 saturated carbocycles. The molecule has 0 aliphatic carbocycles. The molecule has 5 nitrogen and oxygen atoms in total. The molecule has 19 heavy (non-hydrogen) atoms. The highest BCUT2D eigenvalue weighted by molar-refractivity contribution is 5.75. The number of amides is 2. The van der Waals surface area contributed by atoms with Gasteiger partial charge in [-0.25, -0.2) is 4.79 Å². The summed E-state index contributed by atoms with van der Waals surface area (Å²) in [4.78, 5) is 24.5. The number of nitrogens with one attached hydrogen (secondary N) is 1. The molecule has 0 fully saturated rings. The van der Waals surface area contributed by atoms with Crippen molar-refractivity contribution in [2.24, 2.45) is 11.3 Å². The third-order valence-corrected chi connectivity index (χ3v) is 3.11. The van der Waals surface area contributed by atoms with Crippen molar-refractivity contribution in [1.29, 1.82) is 0 Å². The number of carboxylic acid groups (broad SMARTS) is 1. The van der Waals surface area contributed by atoms with E-state index in [1.165, 1.54) is 0 Å². The monoisotopic (exact) mass is 272 g/mol. The van der Waals surface area contributed by atoms with Crippen LogP contribution in [-0.2, 0) is 4.79 Å². The molecule has 1 atom stereocenters. The number of urea groups is 1. The second kappa shape index (κ2) is 7.36. The van der Waals surface area contributed by atoms with Gasteiger partial charge in [-0.15, -0.1) is 0 Å². The van der Waals surface area contributed by atoms with Crippen LogP contribution in [0.25, 0.3) is 0 Å². The Hall–Kier alpha value is -1.26. The number of hydrogen-bond acceptors (Lipinski definition) is 2. The van der Waals surface area contributed by atoms with Crippen LogP contribution < -0.4 is 5.32 Å². The minimum absolute atomic E-state index is 0.0622. The SMILES string of the molecule is CC(C)CCN(C)C(=O)NC(CC(=O)O)C(C)(C)C. The van der Waals surface area contributed by atoms with Gasteiger partial charge < -0.3 is 15.3 Å². The largest absolute Gasteiger partial charge is 0.481 e. The fourth-order valence-corrected chi connectivity index (χ4v) is 1.56. The molecule has 0 spiro atoms. The molecule has 2 amide bonds. The zero-order chi connectivity index (χ0) is 15.2. The van der Waals surface area contributed by atoms with Crippen molar-refractivity contribution in [3.05, 3.63) is 0 Å². The number of hydrogen-bond donors (Lipinski definition) is 2. The molecule has 0 aromatic heterocycles. The van der Waals surface area contributed by atoms with Gasteiger partial charge in [-0.1, -0.05) is 34.6 Å². The van der Waals surface area contributed by atoms with E-state index in [0.717, 1.165) is 6.42 Å². The van der Waals surface area contributed by atoms with Gasteiger partial charge in [-0.2, -0.15) is 0 Å². The molecule has 2 N–H and O–H groups in total. The maximum absolute atomic E-state index is 12.0. The Kier molecular flexibility index (Phi) is 6.87. The molecule has 0 aromatic rings. The predicted octanol–water partition coefficient (Wildman–Crippen LogP) is 2.56. The lowest BCUT2D eigenvalue weighted by molar-refractivity contribution is -0.138. The summed E-state index contributed by atoms with van der Waals surface area (Å²) in [6, 6.07) is -0.583. The number of carbonyl (C=O) groups excluding carboxylic acids is 1. The van der Waals surface area contributed by atoms with Gasteiger partial charge in [0, 0.05) is 19.6 Å². The highest BCUT2D eigenvalue weighted by atomic mass is 16.4. The third-order valence-electron chi connectivity index (χ3n) is 3.11. The zero-order valence-electron chi connectivity index (χ0n) is 13.0. The summed E-state index contributed by atoms with van der Waals surface area (Å²) in [5.74, 6) is -0.363. The van der Waals surface area contributed by atoms with Crippen molar-refractivity contribution < 1.29 is 14.7 Å². The van der Waals surface area contributed by atoms with E-state index in [2.05, 4.69) is 19.2 Å². The van der Waals surface area contributed by atoms with Crippen LogP contribution in [-0.4, -0.2) is 41.6 Å². The highest BCUT2D eigenvalue weighted by Gasteiger charge is 2.29. The molecule has 0 aliphatic rings. The molecule has 0 heterocycles. The first-order valence-corrected chi connectivity index (χ1v) is 6.77. The van der Waals surface area contributed by atoms with E-state index in [1.54, 1.807) is 11.9 Å². The summed E-state index contributed by atoms with van der Waals surface area (Å²) in [7, 11) is 1.73. The zero-order valence-corrected chi connectivity index (χ0v) is 13.0. The predicted molar refractivity (Wildman–Crippen MR) is 76.1 cm³/mol. The summed E-state index contributed by atoms with van der Waals surface area (Å²) in [6.07, 6.45) is 0.871. The summed E-state index contributed by atoms with van der Waals surface area (Å²) >= 11 is 0. The maximum atomic E-state index is 12.0. The van der Waals surface area contributed by atoms with E-state index < -0.39 is 5.97 Å². The van der Waals surface area contributed by atoms with Crippen molar-refractivity contribution in [1.82, 2.24) is 10.2 Å². The minimum atomic E-state index is -0.898. The molecule has 1 unspecified atom stereocenters. The quantitative estimate of drug-likeness (QED) is 0.780. The van der Waals surface area contributed by atoms with Crippen LogP contribution in [0, 0.1) is 11.3 Å². The minimum Gasteiger partial charge on any atom is -0.481 e. The molecule has 0 aromatic carbocycles. The summed E-state index contributed by atoms with van der Waals surface area (Å²) < 4.78 is 0. The highest BCUT2D eigenvalue weighted by Crippen LogP contribution is 2.22. The van der Waals surface area contributed by atoms with Crippen LogP contribution in [0.4, 0.5) is 4.79 Å². The molecular formula is C14H28N2O3. The molecule has 0 bridgehead atoms. The van der Waals surface area contributed by atoms with Crippen LogP contribution in [0.1, 0.15) is 47.5 Å². The second-order valence-electron chi connectivity index (χ2n) is 6.57. The Labute approximate surface area is 116 Å². The Morgan fingerprint density at radius 3 is 2.16 bits per heavy atom. The Balaban J connectivity index is 4.50. The van der Waals surface area contributed by atoms with Gasteiger partial charge in [-0.3, -0.25) is 4.79 Å². The Bertz CT molecular complexity index is 308. The fourth-order valence-electron chi connectivity index (χ4n) is 1.56. The van der Waals surface area contributed by atoms with Crippen LogP contribution >= 0.6 is 0 Å². The number of rotatable bonds is 6. The van der Waals surface area contributed by atoms with Crippen molar-refractivity contribution in [2.45, 2.75) is 53.5 Å². The lowest BCUT2D eigenvalue weighted by Gasteiger charge is -2.32. The van der Waals surface area contributed by atoms with Crippen LogP contribution in [0.3, 0.4) is 0 Å². The fraction of sp³-hybridized carbons (Fsp3) is 0.857. The Morgan fingerprint density at radius 1 is 1.26 bits per heavy atom. The van der Waals surface area contributed by atoms with E-state index in [0.29, 0.717) is 12.5 Å². The third kappa shape index (κ3) is 7.70. The van der Waals surface area contributed by atoms with Crippen molar-refractivity contribution in [3.8, 4) is 0 Å². The van der Waals surface area contributed by atoms with Crippen LogP contribution in [0.15, 0.2) is 0 Å². The average molecular weight is 272 g/mol. The average Bonchev–Trinajstić information content (AvgIpc) is 2.22. The van der Waals surface area contributed by atoms with E-state index in [9.17, 15) is 9.59 Å². The Morgan fingerprint density at radius 2 is 1.79 bits per heavy atom. The molecule has 5 heteroatoms. The standard InChI is InChI=1S/C14H28N2O3/c1-10(2)7-8-16(6)13(19)15-11(9-12(17)18)14(3,4)5/h10-11H,7-9H2,1-6H3,(H,15,19)(H,17,18). The number of aliphatic carboxylic acids is 1. The van der Waals surface area contributed by atoms with Gasteiger partial charge in [0.25, 0.3) is 0 Å². The smallest absolute Gasteiger partial charge is 0.317 e. The van der Waals surface area contributed by atoms with Crippen LogP contribution in [0.2, 0.25) is 0 Å². The van der Waals surface area contributed by atoms with Crippen molar-refractivity contribution in [2.75, 3.05) is 13.6 Å². The van der Waals surface area contributed by atoms with E-state index in [1.807, 2.05) is 20.8 Å². The normalized spacial score (nSPS) is 13.2. The van der Waals surface area contributed by atoms with E-state index in [4.69, 9.17) is 5.11 Å². The summed E-state index contributed by atoms with van der Waals surface area (Å²) in [6.45, 7) is 10.7. The first-order chi connectivity index (χ1) is 8.54. The second-order valence-corrected chi connectivity index (χ2v) is 6.57. The molecule has 0 radical (unpaired) electrons. The lowest BCUT2D eigenvalue weighted by atomic mass is 9.85. The van der Waals surface area contributed by atoms with Gasteiger partial charge in [0.15, 0.2) is 0 Å². The summed E-state index contributed by atoms with van der Waals surface area (Å²) in [5.41, 5.74) is -0.285. The number of carbonyl (C=O) groups is 2. The first-order valence-electron chi connectivity index (χ1n) is 6.77. The molecule has 0 aliphatic heterocycles. The molecule has 0 saturated heterocycles. The van der Waals surface area contributed by atoms with Gasteiger partial charge in [0.05, 0.1) is 6.42 Å². The molecule has 0 rings (SSSR count). The number of carboxylic acids is 1. The van der Waals surface area contributed by atoms with Crippen molar-refractivity contribution >= 4 is 12.0 Å².